The number of aryl methyl sites for hydroxylation is 1. The van der Waals surface area contributed by atoms with Gasteiger partial charge in [-0.2, -0.15) is 0 Å². The van der Waals surface area contributed by atoms with Gasteiger partial charge >= 0.3 is 0 Å². The molecule has 1 aromatic carbocycles. The van der Waals surface area contributed by atoms with Crippen molar-refractivity contribution in [3.63, 3.8) is 0 Å². The van der Waals surface area contributed by atoms with E-state index in [-0.39, 0.29) is 10.7 Å². The molecule has 0 saturated heterocycles. The molecule has 3 nitrogen and oxygen atoms in total. The highest BCUT2D eigenvalue weighted by Crippen LogP contribution is 2.32. The lowest BCUT2D eigenvalue weighted by Crippen LogP contribution is -2.22. The van der Waals surface area contributed by atoms with Crippen molar-refractivity contribution in [2.24, 2.45) is 0 Å². The Morgan fingerprint density at radius 3 is 2.86 bits per heavy atom. The molecular weight excluding hydrogens is 416 g/mol. The van der Waals surface area contributed by atoms with Crippen LogP contribution in [0.15, 0.2) is 16.6 Å². The normalized spacial score (nSPS) is 12.6. The number of benzene rings is 1. The molecule has 1 atom stereocenters. The number of aromatic nitrogens is 1. The van der Waals surface area contributed by atoms with Crippen LogP contribution in [-0.2, 0) is 11.2 Å². The van der Waals surface area contributed by atoms with Gasteiger partial charge < -0.3 is 5.32 Å². The number of nitrogens with one attached hydrogen (secondary N) is 1. The van der Waals surface area contributed by atoms with Crippen LogP contribution >= 0.6 is 43.2 Å². The van der Waals surface area contributed by atoms with E-state index < -0.39 is 0 Å². The first-order valence-electron chi connectivity index (χ1n) is 7.09. The van der Waals surface area contributed by atoms with E-state index in [9.17, 15) is 4.79 Å². The molecule has 0 aliphatic heterocycles. The van der Waals surface area contributed by atoms with Crippen molar-refractivity contribution in [1.82, 2.24) is 4.98 Å². The van der Waals surface area contributed by atoms with Gasteiger partial charge in [0.25, 0.3) is 0 Å². The minimum absolute atomic E-state index is 0.0142. The third-order valence-electron chi connectivity index (χ3n) is 3.25. The molecule has 1 aromatic heterocycles. The van der Waals surface area contributed by atoms with Crippen molar-refractivity contribution in [3.05, 3.63) is 22.2 Å². The highest BCUT2D eigenvalue weighted by Gasteiger charge is 2.17. The monoisotopic (exact) mass is 432 g/mol. The summed E-state index contributed by atoms with van der Waals surface area (Å²) in [6.45, 7) is 4.23. The highest BCUT2D eigenvalue weighted by molar-refractivity contribution is 9.10. The second-order valence-corrected chi connectivity index (χ2v) is 7.93. The summed E-state index contributed by atoms with van der Waals surface area (Å²) in [5, 5.41) is 3.59. The fourth-order valence-electron chi connectivity index (χ4n) is 2.08. The Morgan fingerprint density at radius 2 is 2.19 bits per heavy atom. The molecule has 0 saturated carbocycles. The minimum Gasteiger partial charge on any atom is -0.301 e. The maximum absolute atomic E-state index is 12.1. The molecule has 1 heterocycles. The maximum atomic E-state index is 12.1. The van der Waals surface area contributed by atoms with Gasteiger partial charge in [0.15, 0.2) is 5.13 Å². The smallest absolute Gasteiger partial charge is 0.239 e. The molecule has 21 heavy (non-hydrogen) atoms. The van der Waals surface area contributed by atoms with Gasteiger partial charge in [-0.1, -0.05) is 69.9 Å². The van der Waals surface area contributed by atoms with Crippen molar-refractivity contribution in [1.29, 1.82) is 0 Å². The average Bonchev–Trinajstić information content (AvgIpc) is 2.85. The molecule has 0 aliphatic carbocycles. The Kier molecular flexibility index (Phi) is 6.20. The molecule has 1 amide bonds. The number of anilines is 1. The van der Waals surface area contributed by atoms with Crippen LogP contribution in [0.3, 0.4) is 0 Å². The first-order valence-corrected chi connectivity index (χ1v) is 9.61. The van der Waals surface area contributed by atoms with E-state index >= 15 is 0 Å². The highest BCUT2D eigenvalue weighted by atomic mass is 79.9. The van der Waals surface area contributed by atoms with Crippen LogP contribution < -0.4 is 5.32 Å². The zero-order chi connectivity index (χ0) is 15.4. The molecule has 114 valence electrons. The second kappa shape index (κ2) is 7.70. The number of hydrogen-bond acceptors (Lipinski definition) is 3. The molecule has 0 radical (unpaired) electrons. The largest absolute Gasteiger partial charge is 0.301 e. The average molecular weight is 434 g/mol. The van der Waals surface area contributed by atoms with Crippen LogP contribution in [0, 0.1) is 0 Å². The lowest BCUT2D eigenvalue weighted by molar-refractivity contribution is -0.115. The Hall–Kier alpha value is -0.460. The molecule has 1 N–H and O–H groups in total. The summed E-state index contributed by atoms with van der Waals surface area (Å²) in [5.41, 5.74) is 2.18. The summed E-state index contributed by atoms with van der Waals surface area (Å²) >= 11 is 8.48. The summed E-state index contributed by atoms with van der Waals surface area (Å²) in [6.07, 6.45) is 3.89. The zero-order valence-corrected chi connectivity index (χ0v) is 16.1. The SMILES string of the molecule is CCCC[C@@H](Br)C(=O)Nc1nc2c(CC)cc(Br)cc2s1. The molecule has 0 aliphatic rings. The fourth-order valence-corrected chi connectivity index (χ4v) is 4.13. The van der Waals surface area contributed by atoms with Crippen molar-refractivity contribution < 1.29 is 4.79 Å². The number of carbonyl (C=O) groups is 1. The zero-order valence-electron chi connectivity index (χ0n) is 12.1. The van der Waals surface area contributed by atoms with Crippen molar-refractivity contribution >= 4 is 64.5 Å². The van der Waals surface area contributed by atoms with E-state index in [4.69, 9.17) is 0 Å². The summed E-state index contributed by atoms with van der Waals surface area (Å²) in [5.74, 6) is -0.0142. The van der Waals surface area contributed by atoms with Crippen LogP contribution in [0.2, 0.25) is 0 Å². The number of hydrogen-bond donors (Lipinski definition) is 1. The minimum atomic E-state index is -0.151. The van der Waals surface area contributed by atoms with Crippen molar-refractivity contribution in [2.45, 2.75) is 44.4 Å². The van der Waals surface area contributed by atoms with Gasteiger partial charge in [-0.25, -0.2) is 4.98 Å². The summed E-state index contributed by atoms with van der Waals surface area (Å²) in [4.78, 5) is 16.5. The Labute approximate surface area is 145 Å². The van der Waals surface area contributed by atoms with Crippen LogP contribution in [-0.4, -0.2) is 15.7 Å². The van der Waals surface area contributed by atoms with E-state index in [2.05, 4.69) is 62.1 Å². The molecule has 0 bridgehead atoms. The fraction of sp³-hybridized carbons (Fsp3) is 0.467. The number of alkyl halides is 1. The lowest BCUT2D eigenvalue weighted by atomic mass is 10.1. The van der Waals surface area contributed by atoms with Crippen LogP contribution in [0.25, 0.3) is 10.2 Å². The number of carbonyl (C=O) groups excluding carboxylic acids is 1. The number of thiazole rings is 1. The molecule has 0 fully saturated rings. The van der Waals surface area contributed by atoms with E-state index in [1.165, 1.54) is 16.9 Å². The molecule has 2 rings (SSSR count). The van der Waals surface area contributed by atoms with Crippen LogP contribution in [0.4, 0.5) is 5.13 Å². The summed E-state index contributed by atoms with van der Waals surface area (Å²) in [6, 6.07) is 4.13. The van der Waals surface area contributed by atoms with Gasteiger partial charge in [0.05, 0.1) is 15.0 Å². The molecule has 0 spiro atoms. The number of nitrogens with zero attached hydrogens (tertiary/aromatic N) is 1. The van der Waals surface area contributed by atoms with Gasteiger partial charge in [0.1, 0.15) is 0 Å². The van der Waals surface area contributed by atoms with Crippen LogP contribution in [0.5, 0.6) is 0 Å². The third-order valence-corrected chi connectivity index (χ3v) is 5.49. The third kappa shape index (κ3) is 4.27. The number of halogens is 2. The Bertz CT molecular complexity index is 642. The van der Waals surface area contributed by atoms with E-state index in [1.54, 1.807) is 0 Å². The molecule has 6 heteroatoms. The summed E-state index contributed by atoms with van der Waals surface area (Å²) < 4.78 is 2.14. The quantitative estimate of drug-likeness (QED) is 0.609. The predicted octanol–water partition coefficient (Wildman–Crippen LogP) is 5.51. The maximum Gasteiger partial charge on any atom is 0.239 e. The standard InChI is InChI=1S/C15H18Br2N2OS/c1-3-5-6-11(17)14(20)19-15-18-13-9(4-2)7-10(16)8-12(13)21-15/h7-8,11H,3-6H2,1-2H3,(H,18,19,20)/t11-/m1/s1. The van der Waals surface area contributed by atoms with Crippen molar-refractivity contribution in [3.8, 4) is 0 Å². The van der Waals surface area contributed by atoms with Gasteiger partial charge in [-0.15, -0.1) is 0 Å². The van der Waals surface area contributed by atoms with Gasteiger partial charge in [0.2, 0.25) is 5.91 Å². The topological polar surface area (TPSA) is 42.0 Å². The van der Waals surface area contributed by atoms with Gasteiger partial charge in [0, 0.05) is 4.47 Å². The second-order valence-electron chi connectivity index (χ2n) is 4.88. The lowest BCUT2D eigenvalue weighted by Gasteiger charge is -2.07. The number of amides is 1. The Morgan fingerprint density at radius 1 is 1.43 bits per heavy atom. The molecule has 2 aromatic rings. The molecular formula is C15H18Br2N2OS. The van der Waals surface area contributed by atoms with E-state index in [1.807, 2.05) is 6.07 Å². The van der Waals surface area contributed by atoms with E-state index in [0.29, 0.717) is 5.13 Å². The first-order chi connectivity index (χ1) is 10.0. The predicted molar refractivity (Wildman–Crippen MR) is 97.6 cm³/mol. The summed E-state index contributed by atoms with van der Waals surface area (Å²) in [7, 11) is 0. The number of unbranched alkanes of at least 4 members (excludes halogenated alkanes) is 1. The number of fused-ring (bicyclic) bond motifs is 1. The van der Waals surface area contributed by atoms with Crippen LogP contribution in [0.1, 0.15) is 38.7 Å². The van der Waals surface area contributed by atoms with Gasteiger partial charge in [-0.3, -0.25) is 4.79 Å². The van der Waals surface area contributed by atoms with E-state index in [0.717, 1.165) is 40.4 Å². The molecule has 0 unspecified atom stereocenters. The first kappa shape index (κ1) is 16.9. The Balaban J connectivity index is 2.18. The van der Waals surface area contributed by atoms with Crippen molar-refractivity contribution in [2.75, 3.05) is 5.32 Å². The van der Waals surface area contributed by atoms with Gasteiger partial charge in [-0.05, 0) is 30.5 Å². The number of rotatable bonds is 6.